The molecule has 0 bridgehead atoms. The molecule has 2 aromatic heterocycles. The van der Waals surface area contributed by atoms with E-state index in [9.17, 15) is 4.79 Å². The fourth-order valence-electron chi connectivity index (χ4n) is 1.74. The van der Waals surface area contributed by atoms with Gasteiger partial charge in [-0.05, 0) is 19.9 Å². The maximum atomic E-state index is 11.3. The zero-order valence-corrected chi connectivity index (χ0v) is 12.9. The van der Waals surface area contributed by atoms with E-state index < -0.39 is 0 Å². The quantitative estimate of drug-likeness (QED) is 0.791. The molecule has 21 heavy (non-hydrogen) atoms. The molecule has 2 heterocycles. The van der Waals surface area contributed by atoms with E-state index in [4.69, 9.17) is 4.74 Å². The molecular formula is C14H18N4O2S. The molecule has 6 nitrogen and oxygen atoms in total. The van der Waals surface area contributed by atoms with Gasteiger partial charge in [-0.25, -0.2) is 15.0 Å². The fraction of sp³-hybridized carbons (Fsp3) is 0.429. The first-order valence-corrected chi connectivity index (χ1v) is 7.67. The van der Waals surface area contributed by atoms with Gasteiger partial charge >= 0.3 is 5.97 Å². The predicted molar refractivity (Wildman–Crippen MR) is 81.2 cm³/mol. The molecule has 0 saturated heterocycles. The Kier molecular flexibility index (Phi) is 5.62. The van der Waals surface area contributed by atoms with Crippen LogP contribution in [0.15, 0.2) is 17.6 Å². The lowest BCUT2D eigenvalue weighted by Gasteiger charge is -2.02. The summed E-state index contributed by atoms with van der Waals surface area (Å²) in [5, 5.41) is 6.00. The minimum Gasteiger partial charge on any atom is -0.466 e. The van der Waals surface area contributed by atoms with Crippen LogP contribution in [0.4, 0.5) is 5.13 Å². The van der Waals surface area contributed by atoms with Crippen LogP contribution in [0.1, 0.15) is 30.6 Å². The lowest BCUT2D eigenvalue weighted by atomic mass is 10.2. The number of aromatic nitrogens is 3. The van der Waals surface area contributed by atoms with Crippen molar-refractivity contribution in [2.45, 2.75) is 33.2 Å². The summed E-state index contributed by atoms with van der Waals surface area (Å²) in [4.78, 5) is 24.1. The van der Waals surface area contributed by atoms with Gasteiger partial charge in [0.2, 0.25) is 0 Å². The molecule has 0 amide bonds. The Morgan fingerprint density at radius 1 is 1.38 bits per heavy atom. The predicted octanol–water partition coefficient (Wildman–Crippen LogP) is 2.35. The van der Waals surface area contributed by atoms with Crippen molar-refractivity contribution in [1.29, 1.82) is 0 Å². The molecule has 1 N–H and O–H groups in total. The first-order valence-electron chi connectivity index (χ1n) is 6.79. The van der Waals surface area contributed by atoms with Crippen LogP contribution in [0.5, 0.6) is 0 Å². The van der Waals surface area contributed by atoms with Crippen molar-refractivity contribution >= 4 is 22.4 Å². The number of carbonyl (C=O) groups is 1. The third-order valence-corrected chi connectivity index (χ3v) is 3.55. The van der Waals surface area contributed by atoms with Gasteiger partial charge in [-0.2, -0.15) is 0 Å². The van der Waals surface area contributed by atoms with Crippen molar-refractivity contribution in [3.63, 3.8) is 0 Å². The molecule has 0 spiro atoms. The SMILES string of the molecule is CCOC(=O)CCc1csc(NCc2ccnc(C)n2)n1. The van der Waals surface area contributed by atoms with E-state index in [1.54, 1.807) is 13.1 Å². The van der Waals surface area contributed by atoms with Gasteiger partial charge in [0.15, 0.2) is 5.13 Å². The van der Waals surface area contributed by atoms with Crippen molar-refractivity contribution in [2.75, 3.05) is 11.9 Å². The highest BCUT2D eigenvalue weighted by Crippen LogP contribution is 2.17. The Hall–Kier alpha value is -2.02. The number of nitrogens with zero attached hydrogens (tertiary/aromatic N) is 3. The second-order valence-corrected chi connectivity index (χ2v) is 5.26. The number of rotatable bonds is 7. The zero-order chi connectivity index (χ0) is 15.1. The minimum atomic E-state index is -0.184. The molecule has 0 aromatic carbocycles. The molecule has 0 unspecified atom stereocenters. The summed E-state index contributed by atoms with van der Waals surface area (Å²) in [6, 6.07) is 1.87. The van der Waals surface area contributed by atoms with Crippen LogP contribution in [0, 0.1) is 6.92 Å². The van der Waals surface area contributed by atoms with E-state index in [0.29, 0.717) is 26.0 Å². The first-order chi connectivity index (χ1) is 10.2. The number of carbonyl (C=O) groups excluding carboxylic acids is 1. The maximum absolute atomic E-state index is 11.3. The topological polar surface area (TPSA) is 77.0 Å². The summed E-state index contributed by atoms with van der Waals surface area (Å²) < 4.78 is 4.89. The molecule has 112 valence electrons. The van der Waals surface area contributed by atoms with E-state index in [2.05, 4.69) is 20.3 Å². The number of esters is 1. The van der Waals surface area contributed by atoms with Gasteiger partial charge in [0.1, 0.15) is 5.82 Å². The monoisotopic (exact) mass is 306 g/mol. The number of anilines is 1. The van der Waals surface area contributed by atoms with Gasteiger partial charge < -0.3 is 10.1 Å². The van der Waals surface area contributed by atoms with Crippen LogP contribution < -0.4 is 5.32 Å². The fourth-order valence-corrected chi connectivity index (χ4v) is 2.48. The number of ether oxygens (including phenoxy) is 1. The number of thiazole rings is 1. The molecule has 0 saturated carbocycles. The maximum Gasteiger partial charge on any atom is 0.306 e. The molecule has 0 atom stereocenters. The van der Waals surface area contributed by atoms with E-state index in [0.717, 1.165) is 22.3 Å². The second kappa shape index (κ2) is 7.68. The second-order valence-electron chi connectivity index (χ2n) is 4.40. The molecule has 0 aliphatic carbocycles. The summed E-state index contributed by atoms with van der Waals surface area (Å²) >= 11 is 1.52. The third kappa shape index (κ3) is 5.11. The van der Waals surface area contributed by atoms with Gasteiger partial charge in [0.25, 0.3) is 0 Å². The number of hydrogen-bond acceptors (Lipinski definition) is 7. The van der Waals surface area contributed by atoms with Crippen LogP contribution in [-0.4, -0.2) is 27.5 Å². The van der Waals surface area contributed by atoms with Gasteiger partial charge in [0.05, 0.1) is 31.0 Å². The minimum absolute atomic E-state index is 0.184. The van der Waals surface area contributed by atoms with E-state index in [-0.39, 0.29) is 5.97 Å². The van der Waals surface area contributed by atoms with Gasteiger partial charge in [-0.15, -0.1) is 11.3 Å². The highest BCUT2D eigenvalue weighted by atomic mass is 32.1. The highest BCUT2D eigenvalue weighted by Gasteiger charge is 2.06. The van der Waals surface area contributed by atoms with Gasteiger partial charge in [-0.1, -0.05) is 0 Å². The lowest BCUT2D eigenvalue weighted by molar-refractivity contribution is -0.143. The van der Waals surface area contributed by atoms with Gasteiger partial charge in [0, 0.05) is 18.0 Å². The lowest BCUT2D eigenvalue weighted by Crippen LogP contribution is -2.05. The molecule has 7 heteroatoms. The Balaban J connectivity index is 1.81. The third-order valence-electron chi connectivity index (χ3n) is 2.70. The zero-order valence-electron chi connectivity index (χ0n) is 12.1. The molecule has 2 rings (SSSR count). The number of aryl methyl sites for hydroxylation is 2. The Bertz CT molecular complexity index is 600. The van der Waals surface area contributed by atoms with Crippen molar-refractivity contribution in [3.8, 4) is 0 Å². The Labute approximate surface area is 127 Å². The first kappa shape index (κ1) is 15.4. The van der Waals surface area contributed by atoms with Gasteiger partial charge in [-0.3, -0.25) is 4.79 Å². The summed E-state index contributed by atoms with van der Waals surface area (Å²) in [6.07, 6.45) is 2.71. The largest absolute Gasteiger partial charge is 0.466 e. The molecule has 2 aromatic rings. The average Bonchev–Trinajstić information content (AvgIpc) is 2.91. The van der Waals surface area contributed by atoms with Crippen LogP contribution in [0.3, 0.4) is 0 Å². The summed E-state index contributed by atoms with van der Waals surface area (Å²) in [5.74, 6) is 0.569. The standard InChI is InChI=1S/C14H18N4O2S/c1-3-20-13(19)5-4-12-9-21-14(18-12)16-8-11-6-7-15-10(2)17-11/h6-7,9H,3-5,8H2,1-2H3,(H,16,18). The van der Waals surface area contributed by atoms with E-state index in [1.165, 1.54) is 11.3 Å². The molecule has 0 radical (unpaired) electrons. The van der Waals surface area contributed by atoms with E-state index in [1.807, 2.05) is 18.4 Å². The average molecular weight is 306 g/mol. The Morgan fingerprint density at radius 2 is 2.24 bits per heavy atom. The summed E-state index contributed by atoms with van der Waals surface area (Å²) in [7, 11) is 0. The van der Waals surface area contributed by atoms with Crippen LogP contribution in [0.25, 0.3) is 0 Å². The van der Waals surface area contributed by atoms with Crippen LogP contribution in [-0.2, 0) is 22.5 Å². The molecule has 0 aliphatic heterocycles. The summed E-state index contributed by atoms with van der Waals surface area (Å²) in [5.41, 5.74) is 1.82. The molecule has 0 aliphatic rings. The van der Waals surface area contributed by atoms with Crippen LogP contribution in [0.2, 0.25) is 0 Å². The smallest absolute Gasteiger partial charge is 0.306 e. The molecule has 0 fully saturated rings. The van der Waals surface area contributed by atoms with E-state index >= 15 is 0 Å². The van der Waals surface area contributed by atoms with Crippen molar-refractivity contribution in [1.82, 2.24) is 15.0 Å². The molecular weight excluding hydrogens is 288 g/mol. The Morgan fingerprint density at radius 3 is 3.00 bits per heavy atom. The number of hydrogen-bond donors (Lipinski definition) is 1. The van der Waals surface area contributed by atoms with Crippen LogP contribution >= 0.6 is 11.3 Å². The van der Waals surface area contributed by atoms with Crippen molar-refractivity contribution in [3.05, 3.63) is 34.9 Å². The normalized spacial score (nSPS) is 10.4. The number of nitrogens with one attached hydrogen (secondary N) is 1. The highest BCUT2D eigenvalue weighted by molar-refractivity contribution is 7.13. The van der Waals surface area contributed by atoms with Crippen molar-refractivity contribution in [2.24, 2.45) is 0 Å². The van der Waals surface area contributed by atoms with Crippen molar-refractivity contribution < 1.29 is 9.53 Å². The summed E-state index contributed by atoms with van der Waals surface area (Å²) in [6.45, 7) is 4.69.